The molecule has 0 bridgehead atoms. The van der Waals surface area contributed by atoms with E-state index < -0.39 is 23.7 Å². The van der Waals surface area contributed by atoms with Crippen molar-refractivity contribution in [3.8, 4) is 0 Å². The normalized spacial score (nSPS) is 10.1. The Morgan fingerprint density at radius 1 is 0.964 bits per heavy atom. The topological polar surface area (TPSA) is 106 Å². The molecule has 0 unspecified atom stereocenters. The number of benzene rings is 2. The predicted molar refractivity (Wildman–Crippen MR) is 101 cm³/mol. The number of nitrogens with one attached hydrogen (secondary N) is 3. The maximum absolute atomic E-state index is 13.5. The lowest BCUT2D eigenvalue weighted by Gasteiger charge is -2.10. The van der Waals surface area contributed by atoms with Crippen molar-refractivity contribution in [2.75, 3.05) is 37.5 Å². The van der Waals surface area contributed by atoms with Crippen molar-refractivity contribution in [2.24, 2.45) is 0 Å². The molecule has 8 nitrogen and oxygen atoms in total. The van der Waals surface area contributed by atoms with Gasteiger partial charge in [0.05, 0.1) is 18.7 Å². The van der Waals surface area contributed by atoms with Gasteiger partial charge in [0, 0.05) is 18.5 Å². The monoisotopic (exact) mass is 389 g/mol. The fourth-order valence-corrected chi connectivity index (χ4v) is 2.15. The standard InChI is InChI=1S/C19H20FN3O5/c1-27-9-10-28-19(26)23-14-6-4-5-13(11-14)22-17(24)12-21-18(25)15-7-2-3-8-16(15)20/h2-8,11H,9-10,12H2,1H3,(H,21,25)(H,22,24)(H,23,26). The summed E-state index contributed by atoms with van der Waals surface area (Å²) < 4.78 is 23.2. The Hall–Kier alpha value is -3.46. The highest BCUT2D eigenvalue weighted by Gasteiger charge is 2.12. The zero-order valence-electron chi connectivity index (χ0n) is 15.2. The van der Waals surface area contributed by atoms with Gasteiger partial charge in [-0.25, -0.2) is 9.18 Å². The Labute approximate surface area is 161 Å². The largest absolute Gasteiger partial charge is 0.447 e. The molecule has 9 heteroatoms. The second-order valence-corrected chi connectivity index (χ2v) is 5.55. The van der Waals surface area contributed by atoms with Crippen LogP contribution < -0.4 is 16.0 Å². The van der Waals surface area contributed by atoms with Gasteiger partial charge in [-0.1, -0.05) is 18.2 Å². The fourth-order valence-electron chi connectivity index (χ4n) is 2.15. The third-order valence-corrected chi connectivity index (χ3v) is 3.44. The number of hydrogen-bond donors (Lipinski definition) is 3. The molecule has 0 saturated carbocycles. The summed E-state index contributed by atoms with van der Waals surface area (Å²) in [5.74, 6) is -1.87. The number of carbonyl (C=O) groups is 3. The molecule has 0 spiro atoms. The summed E-state index contributed by atoms with van der Waals surface area (Å²) in [6.45, 7) is 0.0481. The Morgan fingerprint density at radius 2 is 1.68 bits per heavy atom. The zero-order valence-corrected chi connectivity index (χ0v) is 15.2. The van der Waals surface area contributed by atoms with Crippen LogP contribution in [0.15, 0.2) is 48.5 Å². The fraction of sp³-hybridized carbons (Fsp3) is 0.211. The minimum Gasteiger partial charge on any atom is -0.447 e. The van der Waals surface area contributed by atoms with Crippen LogP contribution in [0.2, 0.25) is 0 Å². The predicted octanol–water partition coefficient (Wildman–Crippen LogP) is 2.39. The van der Waals surface area contributed by atoms with Crippen LogP contribution in [-0.4, -0.2) is 44.8 Å². The average molecular weight is 389 g/mol. The molecule has 3 N–H and O–H groups in total. The summed E-state index contributed by atoms with van der Waals surface area (Å²) in [6.07, 6.45) is -0.655. The van der Waals surface area contributed by atoms with E-state index in [1.54, 1.807) is 18.2 Å². The molecule has 0 aromatic heterocycles. The Bertz CT molecular complexity index is 844. The van der Waals surface area contributed by atoms with E-state index in [0.29, 0.717) is 11.4 Å². The average Bonchev–Trinajstić information content (AvgIpc) is 2.67. The van der Waals surface area contributed by atoms with Gasteiger partial charge in [-0.05, 0) is 30.3 Å². The van der Waals surface area contributed by atoms with Crippen molar-refractivity contribution in [2.45, 2.75) is 0 Å². The van der Waals surface area contributed by atoms with Crippen molar-refractivity contribution in [1.29, 1.82) is 0 Å². The maximum atomic E-state index is 13.5. The lowest BCUT2D eigenvalue weighted by Crippen LogP contribution is -2.33. The third kappa shape index (κ3) is 6.69. The first kappa shape index (κ1) is 20.8. The molecule has 0 heterocycles. The Balaban J connectivity index is 1.84. The first-order chi connectivity index (χ1) is 13.5. The molecule has 0 radical (unpaired) electrons. The molecule has 148 valence electrons. The molecule has 0 saturated heterocycles. The van der Waals surface area contributed by atoms with E-state index in [-0.39, 0.29) is 25.3 Å². The van der Waals surface area contributed by atoms with E-state index >= 15 is 0 Å². The lowest BCUT2D eigenvalue weighted by molar-refractivity contribution is -0.115. The summed E-state index contributed by atoms with van der Waals surface area (Å²) in [6, 6.07) is 11.8. The number of rotatable bonds is 8. The van der Waals surface area contributed by atoms with Gasteiger partial charge < -0.3 is 20.1 Å². The molecular formula is C19H20FN3O5. The van der Waals surface area contributed by atoms with Crippen LogP contribution in [0.3, 0.4) is 0 Å². The van der Waals surface area contributed by atoms with Gasteiger partial charge in [0.25, 0.3) is 5.91 Å². The van der Waals surface area contributed by atoms with Gasteiger partial charge in [0.1, 0.15) is 12.4 Å². The third-order valence-electron chi connectivity index (χ3n) is 3.44. The van der Waals surface area contributed by atoms with E-state index in [1.807, 2.05) is 0 Å². The highest BCUT2D eigenvalue weighted by atomic mass is 19.1. The van der Waals surface area contributed by atoms with Crippen molar-refractivity contribution in [1.82, 2.24) is 5.32 Å². The summed E-state index contributed by atoms with van der Waals surface area (Å²) >= 11 is 0. The van der Waals surface area contributed by atoms with Gasteiger partial charge >= 0.3 is 6.09 Å². The summed E-state index contributed by atoms with van der Waals surface area (Å²) in [5, 5.41) is 7.43. The molecule has 0 aliphatic heterocycles. The Morgan fingerprint density at radius 3 is 2.39 bits per heavy atom. The van der Waals surface area contributed by atoms with Gasteiger partial charge in [-0.2, -0.15) is 0 Å². The minimum absolute atomic E-state index is 0.112. The lowest BCUT2D eigenvalue weighted by atomic mass is 10.2. The smallest absolute Gasteiger partial charge is 0.411 e. The van der Waals surface area contributed by atoms with Gasteiger partial charge in [-0.3, -0.25) is 14.9 Å². The van der Waals surface area contributed by atoms with Crippen molar-refractivity contribution in [3.63, 3.8) is 0 Å². The second kappa shape index (κ2) is 10.6. The number of carbonyl (C=O) groups excluding carboxylic acids is 3. The van der Waals surface area contributed by atoms with Gasteiger partial charge in [-0.15, -0.1) is 0 Å². The molecule has 2 aromatic carbocycles. The number of methoxy groups -OCH3 is 1. The first-order valence-corrected chi connectivity index (χ1v) is 8.35. The van der Waals surface area contributed by atoms with Crippen LogP contribution in [0.1, 0.15) is 10.4 Å². The molecule has 0 fully saturated rings. The van der Waals surface area contributed by atoms with Crippen LogP contribution in [0.25, 0.3) is 0 Å². The van der Waals surface area contributed by atoms with Crippen LogP contribution in [0, 0.1) is 5.82 Å². The quantitative estimate of drug-likeness (QED) is 0.601. The molecule has 2 aromatic rings. The summed E-state index contributed by atoms with van der Waals surface area (Å²) in [5.41, 5.74) is 0.670. The van der Waals surface area contributed by atoms with Crippen LogP contribution in [0.5, 0.6) is 0 Å². The van der Waals surface area contributed by atoms with Crippen LogP contribution in [0.4, 0.5) is 20.6 Å². The number of amides is 3. The van der Waals surface area contributed by atoms with E-state index in [9.17, 15) is 18.8 Å². The highest BCUT2D eigenvalue weighted by Crippen LogP contribution is 2.15. The van der Waals surface area contributed by atoms with Crippen molar-refractivity contribution >= 4 is 29.3 Å². The molecule has 0 aliphatic carbocycles. The van der Waals surface area contributed by atoms with Gasteiger partial charge in [0.15, 0.2) is 0 Å². The number of hydrogen-bond acceptors (Lipinski definition) is 5. The molecule has 28 heavy (non-hydrogen) atoms. The number of anilines is 2. The van der Waals surface area contributed by atoms with E-state index in [2.05, 4.69) is 16.0 Å². The maximum Gasteiger partial charge on any atom is 0.411 e. The second-order valence-electron chi connectivity index (χ2n) is 5.55. The summed E-state index contributed by atoms with van der Waals surface area (Å²) in [4.78, 5) is 35.5. The first-order valence-electron chi connectivity index (χ1n) is 8.35. The number of ether oxygens (including phenoxy) is 2. The molecular weight excluding hydrogens is 369 g/mol. The Kier molecular flexibility index (Phi) is 7.92. The SMILES string of the molecule is COCCOC(=O)Nc1cccc(NC(=O)CNC(=O)c2ccccc2F)c1. The summed E-state index contributed by atoms with van der Waals surface area (Å²) in [7, 11) is 1.49. The molecule has 3 amide bonds. The molecule has 0 aliphatic rings. The van der Waals surface area contributed by atoms with E-state index in [4.69, 9.17) is 9.47 Å². The van der Waals surface area contributed by atoms with Crippen LogP contribution in [-0.2, 0) is 14.3 Å². The van der Waals surface area contributed by atoms with Crippen LogP contribution >= 0.6 is 0 Å². The van der Waals surface area contributed by atoms with E-state index in [0.717, 1.165) is 6.07 Å². The minimum atomic E-state index is -0.692. The zero-order chi connectivity index (χ0) is 20.4. The number of halogens is 1. The van der Waals surface area contributed by atoms with Crippen molar-refractivity contribution in [3.05, 3.63) is 59.9 Å². The molecule has 0 atom stereocenters. The van der Waals surface area contributed by atoms with Crippen molar-refractivity contribution < 1.29 is 28.2 Å². The van der Waals surface area contributed by atoms with E-state index in [1.165, 1.54) is 31.4 Å². The molecule has 2 rings (SSSR count). The van der Waals surface area contributed by atoms with Gasteiger partial charge in [0.2, 0.25) is 5.91 Å². The highest BCUT2D eigenvalue weighted by molar-refractivity contribution is 5.99.